The quantitative estimate of drug-likeness (QED) is 0.837. The third kappa shape index (κ3) is 3.82. The summed E-state index contributed by atoms with van der Waals surface area (Å²) in [6, 6.07) is 6.87. The van der Waals surface area contributed by atoms with Gasteiger partial charge in [0.15, 0.2) is 0 Å². The summed E-state index contributed by atoms with van der Waals surface area (Å²) < 4.78 is 1.65. The molecule has 7 heteroatoms. The molecule has 106 valence electrons. The van der Waals surface area contributed by atoms with Crippen LogP contribution in [0, 0.1) is 0 Å². The van der Waals surface area contributed by atoms with E-state index in [2.05, 4.69) is 15.6 Å². The van der Waals surface area contributed by atoms with Crippen molar-refractivity contribution in [1.82, 2.24) is 15.0 Å². The lowest BCUT2D eigenvalue weighted by Gasteiger charge is -2.12. The normalized spacial score (nSPS) is 12.1. The molecule has 1 atom stereocenters. The highest BCUT2D eigenvalue weighted by molar-refractivity contribution is 7.98. The lowest BCUT2D eigenvalue weighted by Crippen LogP contribution is -2.36. The first-order valence-electron chi connectivity index (χ1n) is 6.23. The zero-order chi connectivity index (χ0) is 14.4. The summed E-state index contributed by atoms with van der Waals surface area (Å²) in [5.41, 5.74) is 7.41. The summed E-state index contributed by atoms with van der Waals surface area (Å²) in [4.78, 5) is 11.9. The number of hydrogen-bond acceptors (Lipinski definition) is 5. The molecule has 1 heterocycles. The molecular weight excluding hydrogens is 274 g/mol. The number of aromatic nitrogens is 3. The van der Waals surface area contributed by atoms with Crippen molar-refractivity contribution in [3.8, 4) is 5.69 Å². The Balaban J connectivity index is 1.95. The summed E-state index contributed by atoms with van der Waals surface area (Å²) >= 11 is 1.68. The molecule has 6 nitrogen and oxygen atoms in total. The second kappa shape index (κ2) is 7.06. The van der Waals surface area contributed by atoms with Crippen LogP contribution in [0.4, 0.5) is 5.69 Å². The van der Waals surface area contributed by atoms with E-state index in [0.717, 1.165) is 17.1 Å². The van der Waals surface area contributed by atoms with Gasteiger partial charge in [-0.05, 0) is 42.7 Å². The number of nitrogens with zero attached hydrogens (tertiary/aromatic N) is 3. The molecule has 0 saturated heterocycles. The molecule has 0 radical (unpaired) electrons. The topological polar surface area (TPSA) is 85.8 Å². The maximum atomic E-state index is 11.9. The first-order valence-corrected chi connectivity index (χ1v) is 7.62. The van der Waals surface area contributed by atoms with Crippen LogP contribution in [0.5, 0.6) is 0 Å². The fourth-order valence-electron chi connectivity index (χ4n) is 1.65. The van der Waals surface area contributed by atoms with Gasteiger partial charge in [-0.25, -0.2) is 4.68 Å². The second-order valence-electron chi connectivity index (χ2n) is 4.27. The number of amides is 1. The molecule has 1 aromatic carbocycles. The number of hydrogen-bond donors (Lipinski definition) is 2. The average Bonchev–Trinajstić information content (AvgIpc) is 2.99. The molecule has 0 spiro atoms. The van der Waals surface area contributed by atoms with Crippen molar-refractivity contribution in [2.75, 3.05) is 17.3 Å². The predicted octanol–water partition coefficient (Wildman–Crippen LogP) is 1.29. The van der Waals surface area contributed by atoms with Gasteiger partial charge in [0.1, 0.15) is 0 Å². The van der Waals surface area contributed by atoms with Crippen LogP contribution in [-0.4, -0.2) is 39.0 Å². The Morgan fingerprint density at radius 2 is 2.20 bits per heavy atom. The minimum Gasteiger partial charge on any atom is -0.325 e. The smallest absolute Gasteiger partial charge is 0.241 e. The molecule has 2 aromatic rings. The van der Waals surface area contributed by atoms with E-state index in [9.17, 15) is 4.79 Å². The van der Waals surface area contributed by atoms with Gasteiger partial charge in [0, 0.05) is 5.69 Å². The van der Waals surface area contributed by atoms with Crippen LogP contribution in [0.25, 0.3) is 5.69 Å². The van der Waals surface area contributed by atoms with Crippen LogP contribution in [0.3, 0.4) is 0 Å². The van der Waals surface area contributed by atoms with Gasteiger partial charge in [-0.1, -0.05) is 5.21 Å². The van der Waals surface area contributed by atoms with Crippen molar-refractivity contribution in [2.45, 2.75) is 12.5 Å². The minimum absolute atomic E-state index is 0.160. The van der Waals surface area contributed by atoms with Crippen LogP contribution in [-0.2, 0) is 4.79 Å². The molecule has 0 aliphatic carbocycles. The van der Waals surface area contributed by atoms with Crippen molar-refractivity contribution in [1.29, 1.82) is 0 Å². The second-order valence-corrected chi connectivity index (χ2v) is 5.26. The van der Waals surface area contributed by atoms with Gasteiger partial charge in [-0.3, -0.25) is 4.79 Å². The van der Waals surface area contributed by atoms with Crippen LogP contribution in [0.15, 0.2) is 36.7 Å². The van der Waals surface area contributed by atoms with Gasteiger partial charge < -0.3 is 11.1 Å². The van der Waals surface area contributed by atoms with E-state index in [1.807, 2.05) is 30.5 Å². The molecular formula is C13H17N5OS. The Morgan fingerprint density at radius 3 is 2.80 bits per heavy atom. The van der Waals surface area contributed by atoms with Gasteiger partial charge in [-0.15, -0.1) is 5.10 Å². The van der Waals surface area contributed by atoms with Gasteiger partial charge >= 0.3 is 0 Å². The minimum atomic E-state index is -0.475. The fourth-order valence-corrected chi connectivity index (χ4v) is 2.14. The molecule has 20 heavy (non-hydrogen) atoms. The van der Waals surface area contributed by atoms with Gasteiger partial charge in [0.05, 0.1) is 24.1 Å². The number of thioether (sulfide) groups is 1. The molecule has 0 aliphatic heterocycles. The van der Waals surface area contributed by atoms with Crippen molar-refractivity contribution in [3.05, 3.63) is 36.7 Å². The molecule has 0 aliphatic rings. The Morgan fingerprint density at radius 1 is 1.45 bits per heavy atom. The van der Waals surface area contributed by atoms with Crippen LogP contribution in [0.2, 0.25) is 0 Å². The lowest BCUT2D eigenvalue weighted by molar-refractivity contribution is -0.117. The third-order valence-electron chi connectivity index (χ3n) is 2.79. The number of anilines is 1. The van der Waals surface area contributed by atoms with Crippen molar-refractivity contribution in [3.63, 3.8) is 0 Å². The van der Waals surface area contributed by atoms with Crippen molar-refractivity contribution >= 4 is 23.4 Å². The predicted molar refractivity (Wildman–Crippen MR) is 81.0 cm³/mol. The molecule has 1 amide bonds. The first kappa shape index (κ1) is 14.5. The number of nitrogens with two attached hydrogens (primary N) is 1. The third-order valence-corrected chi connectivity index (χ3v) is 3.44. The highest BCUT2D eigenvalue weighted by atomic mass is 32.2. The van der Waals surface area contributed by atoms with Gasteiger partial charge in [-0.2, -0.15) is 11.8 Å². The molecule has 1 aromatic heterocycles. The number of carbonyl (C=O) groups is 1. The Labute approximate surface area is 121 Å². The molecule has 0 fully saturated rings. The van der Waals surface area contributed by atoms with E-state index in [-0.39, 0.29) is 5.91 Å². The molecule has 0 bridgehead atoms. The summed E-state index contributed by atoms with van der Waals surface area (Å²) in [5, 5.41) is 10.4. The number of carbonyl (C=O) groups excluding carboxylic acids is 1. The van der Waals surface area contributed by atoms with E-state index in [1.165, 1.54) is 0 Å². The summed E-state index contributed by atoms with van der Waals surface area (Å²) in [7, 11) is 0. The number of benzene rings is 1. The van der Waals surface area contributed by atoms with E-state index in [0.29, 0.717) is 6.42 Å². The van der Waals surface area contributed by atoms with Crippen molar-refractivity contribution in [2.24, 2.45) is 5.73 Å². The van der Waals surface area contributed by atoms with Crippen LogP contribution >= 0.6 is 11.8 Å². The Bertz CT molecular complexity index is 540. The van der Waals surface area contributed by atoms with E-state index in [1.54, 1.807) is 28.8 Å². The van der Waals surface area contributed by atoms with Crippen molar-refractivity contribution < 1.29 is 4.79 Å². The highest BCUT2D eigenvalue weighted by Gasteiger charge is 2.12. The van der Waals surface area contributed by atoms with E-state index in [4.69, 9.17) is 5.73 Å². The lowest BCUT2D eigenvalue weighted by atomic mass is 10.2. The van der Waals surface area contributed by atoms with E-state index < -0.39 is 6.04 Å². The zero-order valence-electron chi connectivity index (χ0n) is 11.2. The average molecular weight is 291 g/mol. The summed E-state index contributed by atoms with van der Waals surface area (Å²) in [6.07, 6.45) is 6.03. The maximum absolute atomic E-state index is 11.9. The fraction of sp³-hybridized carbons (Fsp3) is 0.308. The largest absolute Gasteiger partial charge is 0.325 e. The van der Waals surface area contributed by atoms with E-state index >= 15 is 0 Å². The Hall–Kier alpha value is -1.86. The summed E-state index contributed by atoms with van der Waals surface area (Å²) in [6.45, 7) is 0. The highest BCUT2D eigenvalue weighted by Crippen LogP contribution is 2.12. The van der Waals surface area contributed by atoms with Gasteiger partial charge in [0.25, 0.3) is 0 Å². The first-order chi connectivity index (χ1) is 9.70. The molecule has 0 unspecified atom stereocenters. The SMILES string of the molecule is CSCC[C@H](N)C(=O)Nc1ccc(-n2ccnn2)cc1. The summed E-state index contributed by atoms with van der Waals surface area (Å²) in [5.74, 6) is 0.715. The van der Waals surface area contributed by atoms with Crippen LogP contribution in [0.1, 0.15) is 6.42 Å². The maximum Gasteiger partial charge on any atom is 0.241 e. The molecule has 2 rings (SSSR count). The van der Waals surface area contributed by atoms with Gasteiger partial charge in [0.2, 0.25) is 5.91 Å². The zero-order valence-corrected chi connectivity index (χ0v) is 12.0. The molecule has 0 saturated carbocycles. The number of rotatable bonds is 6. The standard InChI is InChI=1S/C13H17N5OS/c1-20-9-6-12(14)13(19)16-10-2-4-11(5-3-10)18-8-7-15-17-18/h2-5,7-8,12H,6,9,14H2,1H3,(H,16,19)/t12-/m0/s1. The monoisotopic (exact) mass is 291 g/mol. The number of nitrogens with one attached hydrogen (secondary N) is 1. The van der Waals surface area contributed by atoms with Crippen LogP contribution < -0.4 is 11.1 Å². The molecule has 3 N–H and O–H groups in total. The Kier molecular flexibility index (Phi) is 5.14.